The molecule has 7 heteroatoms. The van der Waals surface area contributed by atoms with Crippen LogP contribution in [0.1, 0.15) is 5.56 Å². The maximum atomic E-state index is 3.97. The standard InChI is InChI=1S/C13H14N6S/c1-20-13-18-16-12(17-19-13)14-7-6-9-8-15-11-5-3-2-4-10(9)11/h2-5,8,15H,6-7H2,1H3,(H,14,16,17). The fourth-order valence-electron chi connectivity index (χ4n) is 2.02. The first kappa shape index (κ1) is 12.9. The molecule has 6 nitrogen and oxygen atoms in total. The first-order valence-corrected chi connectivity index (χ1v) is 7.49. The van der Waals surface area contributed by atoms with E-state index in [9.17, 15) is 0 Å². The van der Waals surface area contributed by atoms with Gasteiger partial charge in [-0.1, -0.05) is 30.0 Å². The Kier molecular flexibility index (Phi) is 3.78. The number of aromatic nitrogens is 5. The summed E-state index contributed by atoms with van der Waals surface area (Å²) >= 11 is 1.42. The molecule has 0 bridgehead atoms. The minimum atomic E-state index is 0.461. The lowest BCUT2D eigenvalue weighted by Crippen LogP contribution is -2.09. The van der Waals surface area contributed by atoms with Crippen molar-refractivity contribution in [2.45, 2.75) is 11.6 Å². The van der Waals surface area contributed by atoms with Gasteiger partial charge in [-0.15, -0.1) is 20.4 Å². The van der Waals surface area contributed by atoms with Crippen LogP contribution in [0.25, 0.3) is 10.9 Å². The third-order valence-electron chi connectivity index (χ3n) is 3.00. The molecule has 0 radical (unpaired) electrons. The fraction of sp³-hybridized carbons (Fsp3) is 0.231. The van der Waals surface area contributed by atoms with Crippen LogP contribution in [-0.2, 0) is 6.42 Å². The van der Waals surface area contributed by atoms with Gasteiger partial charge in [-0.2, -0.15) is 0 Å². The molecule has 0 aliphatic rings. The topological polar surface area (TPSA) is 79.4 Å². The van der Waals surface area contributed by atoms with E-state index in [2.05, 4.69) is 42.8 Å². The first-order chi connectivity index (χ1) is 9.86. The van der Waals surface area contributed by atoms with Crippen LogP contribution in [0.15, 0.2) is 35.6 Å². The van der Waals surface area contributed by atoms with Crippen LogP contribution in [-0.4, -0.2) is 38.2 Å². The predicted octanol–water partition coefficient (Wildman–Crippen LogP) is 2.12. The lowest BCUT2D eigenvalue weighted by atomic mass is 10.1. The Morgan fingerprint density at radius 2 is 1.95 bits per heavy atom. The number of para-hydroxylation sites is 1. The Morgan fingerprint density at radius 3 is 2.75 bits per heavy atom. The van der Waals surface area contributed by atoms with Gasteiger partial charge in [0.15, 0.2) is 0 Å². The lowest BCUT2D eigenvalue weighted by molar-refractivity contribution is 0.747. The third kappa shape index (κ3) is 2.72. The smallest absolute Gasteiger partial charge is 0.262 e. The summed E-state index contributed by atoms with van der Waals surface area (Å²) < 4.78 is 0. The van der Waals surface area contributed by atoms with Crippen LogP contribution in [0, 0.1) is 0 Å². The van der Waals surface area contributed by atoms with Gasteiger partial charge >= 0.3 is 0 Å². The molecule has 2 aromatic heterocycles. The molecule has 0 unspecified atom stereocenters. The maximum Gasteiger partial charge on any atom is 0.262 e. The molecule has 0 fully saturated rings. The summed E-state index contributed by atoms with van der Waals surface area (Å²) in [4.78, 5) is 3.27. The zero-order valence-electron chi connectivity index (χ0n) is 11.0. The number of nitrogens with zero attached hydrogens (tertiary/aromatic N) is 4. The van der Waals surface area contributed by atoms with Gasteiger partial charge in [0.25, 0.3) is 5.95 Å². The molecule has 20 heavy (non-hydrogen) atoms. The molecule has 102 valence electrons. The van der Waals surface area contributed by atoms with E-state index < -0.39 is 0 Å². The van der Waals surface area contributed by atoms with Gasteiger partial charge in [-0.25, -0.2) is 0 Å². The van der Waals surface area contributed by atoms with Gasteiger partial charge in [0, 0.05) is 23.6 Å². The van der Waals surface area contributed by atoms with Crippen molar-refractivity contribution in [1.29, 1.82) is 0 Å². The third-order valence-corrected chi connectivity index (χ3v) is 3.52. The van der Waals surface area contributed by atoms with E-state index in [-0.39, 0.29) is 0 Å². The van der Waals surface area contributed by atoms with E-state index >= 15 is 0 Å². The lowest BCUT2D eigenvalue weighted by Gasteiger charge is -2.02. The Hall–Kier alpha value is -2.15. The summed E-state index contributed by atoms with van der Waals surface area (Å²) in [6.45, 7) is 0.740. The highest BCUT2D eigenvalue weighted by molar-refractivity contribution is 7.98. The van der Waals surface area contributed by atoms with E-state index in [1.807, 2.05) is 24.6 Å². The first-order valence-electron chi connectivity index (χ1n) is 6.27. The molecule has 0 saturated carbocycles. The van der Waals surface area contributed by atoms with Crippen molar-refractivity contribution in [1.82, 2.24) is 25.4 Å². The van der Waals surface area contributed by atoms with Gasteiger partial charge < -0.3 is 10.3 Å². The molecule has 2 N–H and O–H groups in total. The quantitative estimate of drug-likeness (QED) is 0.699. The number of thioether (sulfide) groups is 1. The van der Waals surface area contributed by atoms with Crippen LogP contribution >= 0.6 is 11.8 Å². The number of rotatable bonds is 5. The predicted molar refractivity (Wildman–Crippen MR) is 79.9 cm³/mol. The molecule has 0 aliphatic heterocycles. The minimum absolute atomic E-state index is 0.461. The Balaban J connectivity index is 1.62. The average molecular weight is 286 g/mol. The van der Waals surface area contributed by atoms with Crippen molar-refractivity contribution in [2.75, 3.05) is 18.1 Å². The second-order valence-corrected chi connectivity index (χ2v) is 5.02. The van der Waals surface area contributed by atoms with Crippen LogP contribution in [0.2, 0.25) is 0 Å². The summed E-state index contributed by atoms with van der Waals surface area (Å²) in [6, 6.07) is 8.27. The van der Waals surface area contributed by atoms with Gasteiger partial charge in [-0.05, 0) is 24.3 Å². The average Bonchev–Trinajstić information content (AvgIpc) is 2.92. The van der Waals surface area contributed by atoms with E-state index in [4.69, 9.17) is 0 Å². The summed E-state index contributed by atoms with van der Waals surface area (Å²) in [5, 5.41) is 20.8. The van der Waals surface area contributed by atoms with Crippen molar-refractivity contribution < 1.29 is 0 Å². The number of hydrogen-bond acceptors (Lipinski definition) is 6. The second kappa shape index (κ2) is 5.87. The van der Waals surface area contributed by atoms with Crippen LogP contribution in [0.5, 0.6) is 0 Å². The molecular weight excluding hydrogens is 272 g/mol. The summed E-state index contributed by atoms with van der Waals surface area (Å²) in [6.07, 6.45) is 4.82. The SMILES string of the molecule is CSc1nnc(NCCc2c[nH]c3ccccc23)nn1. The molecule has 1 aromatic carbocycles. The van der Waals surface area contributed by atoms with E-state index in [0.717, 1.165) is 18.5 Å². The largest absolute Gasteiger partial charge is 0.361 e. The second-order valence-electron chi connectivity index (χ2n) is 4.25. The van der Waals surface area contributed by atoms with Gasteiger partial charge in [0.1, 0.15) is 0 Å². The molecule has 0 spiro atoms. The molecule has 3 rings (SSSR count). The Labute approximate surface area is 120 Å². The zero-order chi connectivity index (χ0) is 13.8. The van der Waals surface area contributed by atoms with E-state index in [1.165, 1.54) is 22.7 Å². The van der Waals surface area contributed by atoms with Crippen molar-refractivity contribution in [3.05, 3.63) is 36.0 Å². The number of fused-ring (bicyclic) bond motifs is 1. The number of benzene rings is 1. The molecule has 0 aliphatic carbocycles. The van der Waals surface area contributed by atoms with Gasteiger partial charge in [0.2, 0.25) is 5.16 Å². The number of H-pyrrole nitrogens is 1. The number of hydrogen-bond donors (Lipinski definition) is 2. The van der Waals surface area contributed by atoms with E-state index in [0.29, 0.717) is 11.1 Å². The molecule has 3 aromatic rings. The molecule has 0 amide bonds. The molecular formula is C13H14N6S. The highest BCUT2D eigenvalue weighted by Crippen LogP contribution is 2.17. The molecule has 0 saturated heterocycles. The molecule has 2 heterocycles. The van der Waals surface area contributed by atoms with Gasteiger partial charge in [0.05, 0.1) is 0 Å². The normalized spacial score (nSPS) is 10.8. The Morgan fingerprint density at radius 1 is 1.15 bits per heavy atom. The molecule has 0 atom stereocenters. The maximum absolute atomic E-state index is 3.97. The van der Waals surface area contributed by atoms with Crippen molar-refractivity contribution in [2.24, 2.45) is 0 Å². The number of aromatic amines is 1. The number of nitrogens with one attached hydrogen (secondary N) is 2. The van der Waals surface area contributed by atoms with Crippen molar-refractivity contribution in [3.8, 4) is 0 Å². The Bertz CT molecular complexity index is 693. The highest BCUT2D eigenvalue weighted by Gasteiger charge is 2.03. The fourth-order valence-corrected chi connectivity index (χ4v) is 2.27. The highest BCUT2D eigenvalue weighted by atomic mass is 32.2. The van der Waals surface area contributed by atoms with Gasteiger partial charge in [-0.3, -0.25) is 0 Å². The summed E-state index contributed by atoms with van der Waals surface area (Å²) in [5.41, 5.74) is 2.43. The van der Waals surface area contributed by atoms with Crippen LogP contribution < -0.4 is 5.32 Å². The monoisotopic (exact) mass is 286 g/mol. The van der Waals surface area contributed by atoms with Crippen molar-refractivity contribution >= 4 is 28.6 Å². The zero-order valence-corrected chi connectivity index (χ0v) is 11.8. The van der Waals surface area contributed by atoms with Crippen LogP contribution in [0.4, 0.5) is 5.95 Å². The van der Waals surface area contributed by atoms with Crippen molar-refractivity contribution in [3.63, 3.8) is 0 Å². The summed E-state index contributed by atoms with van der Waals surface area (Å²) in [7, 11) is 0. The summed E-state index contributed by atoms with van der Waals surface area (Å²) in [5.74, 6) is 0.461. The number of anilines is 1. The minimum Gasteiger partial charge on any atom is -0.361 e. The van der Waals surface area contributed by atoms with E-state index in [1.54, 1.807) is 0 Å². The van der Waals surface area contributed by atoms with Crippen LogP contribution in [0.3, 0.4) is 0 Å².